The van der Waals surface area contributed by atoms with Gasteiger partial charge in [0, 0.05) is 49.3 Å². The zero-order valence-corrected chi connectivity index (χ0v) is 39.2. The summed E-state index contributed by atoms with van der Waals surface area (Å²) in [6.07, 6.45) is 1.89. The number of oxazole rings is 1. The summed E-state index contributed by atoms with van der Waals surface area (Å²) in [6, 6.07) is 52.7. The first-order valence-electron chi connectivity index (χ1n) is 21.0. The monoisotopic (exact) mass is 982 g/mol. The van der Waals surface area contributed by atoms with Gasteiger partial charge in [0.2, 0.25) is 5.89 Å². The summed E-state index contributed by atoms with van der Waals surface area (Å²) in [4.78, 5) is 10.1. The average molecular weight is 983 g/mol. The number of para-hydroxylation sites is 1. The number of rotatable bonds is 8. The van der Waals surface area contributed by atoms with Crippen molar-refractivity contribution in [3.8, 4) is 50.7 Å². The van der Waals surface area contributed by atoms with Crippen molar-refractivity contribution in [1.29, 1.82) is 0 Å². The van der Waals surface area contributed by atoms with E-state index >= 15 is 0 Å². The molecule has 0 aliphatic carbocycles. The Balaban J connectivity index is 0.00000561. The van der Waals surface area contributed by atoms with E-state index in [2.05, 4.69) is 191 Å². The number of benzene rings is 6. The summed E-state index contributed by atoms with van der Waals surface area (Å²) in [6.45, 7) is 22.0. The van der Waals surface area contributed by atoms with Gasteiger partial charge >= 0.3 is 0 Å². The molecule has 2 heterocycles. The van der Waals surface area contributed by atoms with Crippen LogP contribution < -0.4 is 0 Å². The van der Waals surface area contributed by atoms with Gasteiger partial charge in [-0.05, 0) is 62.4 Å². The molecule has 0 radical (unpaired) electrons. The fraction of sp³-hybridized carbons (Fsp3) is 0.250. The number of nitrogens with zero attached hydrogens (tertiary/aromatic N) is 2. The smallest absolute Gasteiger partial charge is 0.230 e. The van der Waals surface area contributed by atoms with Crippen molar-refractivity contribution in [3.05, 3.63) is 185 Å². The summed E-state index contributed by atoms with van der Waals surface area (Å²) in [5.74, 6) is 0.568. The second-order valence-electron chi connectivity index (χ2n) is 19.3. The average Bonchev–Trinajstić information content (AvgIpc) is 3.68. The summed E-state index contributed by atoms with van der Waals surface area (Å²) >= 11 is 0. The number of pyridine rings is 1. The van der Waals surface area contributed by atoms with Crippen LogP contribution >= 0.6 is 0 Å². The van der Waals surface area contributed by atoms with Crippen LogP contribution in [-0.4, -0.2) is 15.1 Å². The first-order valence-corrected chi connectivity index (χ1v) is 21.0. The molecule has 0 saturated carbocycles. The molecule has 0 aliphatic heterocycles. The van der Waals surface area contributed by atoms with Gasteiger partial charge in [0.1, 0.15) is 11.3 Å². The largest absolute Gasteiger partial charge is 0.507 e. The van der Waals surface area contributed by atoms with Gasteiger partial charge in [-0.3, -0.25) is 4.98 Å². The molecule has 2 aromatic heterocycles. The van der Waals surface area contributed by atoms with Gasteiger partial charge in [0.25, 0.3) is 0 Å². The second-order valence-corrected chi connectivity index (χ2v) is 19.3. The minimum absolute atomic E-state index is 0. The van der Waals surface area contributed by atoms with E-state index in [9.17, 15) is 5.11 Å². The Kier molecular flexibility index (Phi) is 11.7. The molecule has 4 nitrogen and oxygen atoms in total. The number of phenols is 1. The number of phenolic OH excluding ortho intramolecular Hbond substituents is 1. The third-order valence-electron chi connectivity index (χ3n) is 12.3. The molecule has 0 amide bonds. The zero-order valence-electron chi connectivity index (χ0n) is 36.9. The zero-order chi connectivity index (χ0) is 42.6. The van der Waals surface area contributed by atoms with Crippen LogP contribution in [0.4, 0.5) is 0 Å². The Morgan fingerprint density at radius 1 is 0.508 bits per heavy atom. The molecular formula is C56H55N2O2Pt-. The molecule has 8 rings (SSSR count). The molecule has 0 saturated heterocycles. The predicted octanol–water partition coefficient (Wildman–Crippen LogP) is 14.6. The predicted molar refractivity (Wildman–Crippen MR) is 249 cm³/mol. The minimum Gasteiger partial charge on any atom is -0.507 e. The van der Waals surface area contributed by atoms with Gasteiger partial charge in [-0.1, -0.05) is 190 Å². The Hall–Kier alpha value is -5.57. The van der Waals surface area contributed by atoms with Crippen LogP contribution in [0.15, 0.2) is 150 Å². The standard InChI is InChI=1S/C56H55N2O2.Pt/c1-53(2,3)43-31-38(30-39(32-43)48-33-37(28-29-57-48)36-24-26-42(27-25-36)55(7,8)40-18-13-11-14-19-40)45-22-17-23-49-50(45)58-52(60-49)46-34-44(35-47(51(46)59)54(4,5)6)56(9,10)41-20-15-12-16-21-41;/h11-29,31-35,59H,1-10H3;/q-1;. The van der Waals surface area contributed by atoms with Crippen molar-refractivity contribution in [2.45, 2.75) is 90.9 Å². The van der Waals surface area contributed by atoms with Crippen LogP contribution in [0.1, 0.15) is 103 Å². The molecule has 0 unspecified atom stereocenters. The van der Waals surface area contributed by atoms with Crippen LogP contribution in [0.2, 0.25) is 0 Å². The quantitative estimate of drug-likeness (QED) is 0.154. The Labute approximate surface area is 376 Å². The Morgan fingerprint density at radius 2 is 1.10 bits per heavy atom. The molecule has 0 aliphatic rings. The molecule has 0 spiro atoms. The Bertz CT molecular complexity index is 2820. The van der Waals surface area contributed by atoms with Crippen molar-refractivity contribution >= 4 is 11.1 Å². The normalized spacial score (nSPS) is 12.4. The molecule has 61 heavy (non-hydrogen) atoms. The maximum Gasteiger partial charge on any atom is 0.230 e. The van der Waals surface area contributed by atoms with Crippen molar-refractivity contribution in [1.82, 2.24) is 9.97 Å². The van der Waals surface area contributed by atoms with Crippen molar-refractivity contribution in [2.24, 2.45) is 0 Å². The van der Waals surface area contributed by atoms with Gasteiger partial charge in [0.05, 0.1) is 11.1 Å². The van der Waals surface area contributed by atoms with Crippen LogP contribution in [0.3, 0.4) is 0 Å². The fourth-order valence-corrected chi connectivity index (χ4v) is 8.18. The minimum atomic E-state index is -0.340. The van der Waals surface area contributed by atoms with Gasteiger partial charge in [0.15, 0.2) is 0 Å². The topological polar surface area (TPSA) is 59.2 Å². The molecule has 312 valence electrons. The van der Waals surface area contributed by atoms with E-state index in [1.807, 2.05) is 30.5 Å². The molecule has 0 atom stereocenters. The molecule has 1 N–H and O–H groups in total. The van der Waals surface area contributed by atoms with E-state index in [1.165, 1.54) is 16.7 Å². The summed E-state index contributed by atoms with van der Waals surface area (Å²) in [5, 5.41) is 11.9. The van der Waals surface area contributed by atoms with Gasteiger partial charge < -0.3 is 9.52 Å². The maximum atomic E-state index is 11.9. The number of fused-ring (bicyclic) bond motifs is 1. The summed E-state index contributed by atoms with van der Waals surface area (Å²) < 4.78 is 6.57. The number of hydrogen-bond acceptors (Lipinski definition) is 4. The van der Waals surface area contributed by atoms with E-state index in [-0.39, 0.29) is 48.5 Å². The third kappa shape index (κ3) is 8.53. The maximum absolute atomic E-state index is 11.9. The fourth-order valence-electron chi connectivity index (χ4n) is 8.18. The van der Waals surface area contributed by atoms with E-state index in [0.717, 1.165) is 50.2 Å². The first kappa shape index (κ1) is 43.5. The number of aromatic nitrogens is 2. The summed E-state index contributed by atoms with van der Waals surface area (Å²) in [7, 11) is 0. The Morgan fingerprint density at radius 3 is 1.70 bits per heavy atom. The second kappa shape index (κ2) is 16.4. The van der Waals surface area contributed by atoms with Gasteiger partial charge in [-0.15, -0.1) is 29.3 Å². The molecule has 0 bridgehead atoms. The molecule has 0 fully saturated rings. The molecule has 6 aromatic carbocycles. The van der Waals surface area contributed by atoms with Crippen molar-refractivity contribution < 1.29 is 30.6 Å². The first-order chi connectivity index (χ1) is 28.4. The van der Waals surface area contributed by atoms with Crippen LogP contribution in [-0.2, 0) is 42.7 Å². The van der Waals surface area contributed by atoms with E-state index in [4.69, 9.17) is 14.4 Å². The number of aromatic hydroxyl groups is 1. The van der Waals surface area contributed by atoms with Gasteiger partial charge in [-0.2, -0.15) is 0 Å². The molecule has 5 heteroatoms. The SMILES string of the molecule is CC(C)(C)c1cc(-c2cc(-c3ccc(C(C)(C)c4ccccc4)cc3)ccn2)[c-]c(-c2cccc3oc(-c4cc(C(C)(C)c5ccccc5)cc(C(C)(C)C)c4O)nc23)c1.[Pt]. The van der Waals surface area contributed by atoms with E-state index in [1.54, 1.807) is 0 Å². The van der Waals surface area contributed by atoms with Gasteiger partial charge in [-0.25, -0.2) is 4.98 Å². The third-order valence-corrected chi connectivity index (χ3v) is 12.3. The molecule has 8 aromatic rings. The van der Waals surface area contributed by atoms with E-state index in [0.29, 0.717) is 22.6 Å². The van der Waals surface area contributed by atoms with Crippen molar-refractivity contribution in [3.63, 3.8) is 0 Å². The van der Waals surface area contributed by atoms with Crippen LogP contribution in [0.5, 0.6) is 5.75 Å². The molecular weight excluding hydrogens is 928 g/mol. The summed E-state index contributed by atoms with van der Waals surface area (Å²) in [5.41, 5.74) is 13.6. The van der Waals surface area contributed by atoms with Crippen molar-refractivity contribution in [2.75, 3.05) is 0 Å². The van der Waals surface area contributed by atoms with Crippen LogP contribution in [0.25, 0.3) is 56.1 Å². The van der Waals surface area contributed by atoms with E-state index < -0.39 is 0 Å². The van der Waals surface area contributed by atoms with Crippen LogP contribution in [0, 0.1) is 6.07 Å². The number of hydrogen-bond donors (Lipinski definition) is 1.